The predicted octanol–water partition coefficient (Wildman–Crippen LogP) is 5.42. The molecule has 0 aliphatic carbocycles. The number of amides is 2. The lowest BCUT2D eigenvalue weighted by molar-refractivity contribution is -0.143. The van der Waals surface area contributed by atoms with E-state index in [0.717, 1.165) is 38.5 Å². The molecule has 0 radical (unpaired) electrons. The molecule has 10 nitrogen and oxygen atoms in total. The molecule has 0 fully saturated rings. The number of carbonyl (C=O) groups is 5. The first-order chi connectivity index (χ1) is 18.7. The van der Waals surface area contributed by atoms with Crippen molar-refractivity contribution in [2.45, 2.75) is 154 Å². The molecule has 0 spiro atoms. The molecule has 0 aromatic rings. The molecule has 2 amide bonds. The zero-order chi connectivity index (χ0) is 29.3. The van der Waals surface area contributed by atoms with E-state index in [4.69, 9.17) is 10.2 Å². The van der Waals surface area contributed by atoms with Crippen LogP contribution in [0.1, 0.15) is 142 Å². The third-order valence-electron chi connectivity index (χ3n) is 6.88. The van der Waals surface area contributed by atoms with Crippen LogP contribution in [0.2, 0.25) is 0 Å². The molecule has 0 aliphatic rings. The third-order valence-corrected chi connectivity index (χ3v) is 6.88. The number of hydrogen-bond acceptors (Lipinski definition) is 5. The molecule has 2 atom stereocenters. The Kier molecular flexibility index (Phi) is 22.7. The van der Waals surface area contributed by atoms with E-state index in [1.165, 1.54) is 57.8 Å². The Labute approximate surface area is 233 Å². The summed E-state index contributed by atoms with van der Waals surface area (Å²) in [6, 6.07) is -2.19. The van der Waals surface area contributed by atoms with Gasteiger partial charge >= 0.3 is 17.9 Å². The lowest BCUT2D eigenvalue weighted by Gasteiger charge is -2.16. The molecular weight excluding hydrogens is 504 g/mol. The normalized spacial score (nSPS) is 12.4. The van der Waals surface area contributed by atoms with E-state index in [2.05, 4.69) is 10.6 Å². The van der Waals surface area contributed by atoms with Gasteiger partial charge in [0.05, 0.1) is 0 Å². The summed E-state index contributed by atoms with van der Waals surface area (Å²) in [7, 11) is 0. The summed E-state index contributed by atoms with van der Waals surface area (Å²) in [6.07, 6.45) is 18.4. The smallest absolute Gasteiger partial charge is 0.326 e. The highest BCUT2D eigenvalue weighted by atomic mass is 16.4. The van der Waals surface area contributed by atoms with Crippen molar-refractivity contribution in [2.75, 3.05) is 0 Å². The topological polar surface area (TPSA) is 170 Å². The highest BCUT2D eigenvalue weighted by molar-refractivity contribution is 5.86. The van der Waals surface area contributed by atoms with Gasteiger partial charge in [-0.25, -0.2) is 9.59 Å². The monoisotopic (exact) mass is 556 g/mol. The van der Waals surface area contributed by atoms with Crippen molar-refractivity contribution in [3.63, 3.8) is 0 Å². The van der Waals surface area contributed by atoms with Crippen LogP contribution in [-0.4, -0.2) is 57.1 Å². The van der Waals surface area contributed by atoms with Gasteiger partial charge in [-0.3, -0.25) is 14.4 Å². The van der Waals surface area contributed by atoms with E-state index in [1.807, 2.05) is 0 Å². The molecule has 0 heterocycles. The zero-order valence-corrected chi connectivity index (χ0v) is 23.9. The summed E-state index contributed by atoms with van der Waals surface area (Å²) in [5, 5.41) is 31.7. The Hall–Kier alpha value is -2.65. The number of carboxylic acids is 3. The van der Waals surface area contributed by atoms with E-state index in [0.29, 0.717) is 6.42 Å². The molecular formula is C29H52N2O8. The highest BCUT2D eigenvalue weighted by Crippen LogP contribution is 2.14. The fourth-order valence-electron chi connectivity index (χ4n) is 4.44. The van der Waals surface area contributed by atoms with Crippen LogP contribution in [0.5, 0.6) is 0 Å². The van der Waals surface area contributed by atoms with Crippen LogP contribution >= 0.6 is 0 Å². The first-order valence-electron chi connectivity index (χ1n) is 14.9. The minimum absolute atomic E-state index is 0.0981. The summed E-state index contributed by atoms with van der Waals surface area (Å²) in [5.41, 5.74) is 0. The van der Waals surface area contributed by atoms with Crippen LogP contribution in [0.15, 0.2) is 0 Å². The van der Waals surface area contributed by atoms with Gasteiger partial charge in [-0.1, -0.05) is 96.8 Å². The Bertz CT molecular complexity index is 713. The van der Waals surface area contributed by atoms with Gasteiger partial charge in [0, 0.05) is 19.3 Å². The van der Waals surface area contributed by atoms with Gasteiger partial charge in [0.2, 0.25) is 11.8 Å². The number of aliphatic carboxylic acids is 3. The van der Waals surface area contributed by atoms with Gasteiger partial charge < -0.3 is 26.0 Å². The number of carboxylic acid groups (broad SMARTS) is 3. The Morgan fingerprint density at radius 3 is 1.18 bits per heavy atom. The molecule has 0 saturated carbocycles. The SMILES string of the molecule is CCC(NC(=O)CCC(NC(=O)CCCCCCCCCCCCCCCCCCC(=O)O)C(=O)O)C(=O)O. The molecule has 10 heteroatoms. The van der Waals surface area contributed by atoms with E-state index >= 15 is 0 Å². The zero-order valence-electron chi connectivity index (χ0n) is 23.9. The van der Waals surface area contributed by atoms with E-state index < -0.39 is 35.9 Å². The molecule has 0 rings (SSSR count). The second-order valence-electron chi connectivity index (χ2n) is 10.4. The standard InChI is InChI=1S/C29H52N2O8/c1-2-23(28(36)37)30-26(33)22-21-24(29(38)39)31-25(32)19-17-15-13-11-9-7-5-3-4-6-8-10-12-14-16-18-20-27(34)35/h23-24H,2-22H2,1H3,(H,30,33)(H,31,32)(H,34,35)(H,36,37)(H,38,39). The summed E-state index contributed by atoms with van der Waals surface area (Å²) in [6.45, 7) is 1.63. The Morgan fingerprint density at radius 1 is 0.487 bits per heavy atom. The Balaban J connectivity index is 3.67. The quantitative estimate of drug-likeness (QED) is 0.0835. The van der Waals surface area contributed by atoms with Gasteiger partial charge in [-0.2, -0.15) is 0 Å². The van der Waals surface area contributed by atoms with E-state index in [-0.39, 0.29) is 38.0 Å². The molecule has 0 saturated heterocycles. The molecule has 0 aromatic heterocycles. The largest absolute Gasteiger partial charge is 0.481 e. The highest BCUT2D eigenvalue weighted by Gasteiger charge is 2.23. The molecule has 0 aliphatic heterocycles. The number of hydrogen-bond donors (Lipinski definition) is 5. The molecule has 0 aromatic carbocycles. The molecule has 226 valence electrons. The molecule has 39 heavy (non-hydrogen) atoms. The van der Waals surface area contributed by atoms with Gasteiger partial charge in [0.15, 0.2) is 0 Å². The fraction of sp³-hybridized carbons (Fsp3) is 0.828. The maximum Gasteiger partial charge on any atom is 0.326 e. The maximum absolute atomic E-state index is 12.1. The third kappa shape index (κ3) is 23.0. The van der Waals surface area contributed by atoms with Crippen LogP contribution < -0.4 is 10.6 Å². The summed E-state index contributed by atoms with van der Waals surface area (Å²) in [4.78, 5) is 56.9. The van der Waals surface area contributed by atoms with Crippen LogP contribution in [0.25, 0.3) is 0 Å². The minimum Gasteiger partial charge on any atom is -0.481 e. The summed E-state index contributed by atoms with van der Waals surface area (Å²) < 4.78 is 0. The first-order valence-corrected chi connectivity index (χ1v) is 14.9. The van der Waals surface area contributed by atoms with Crippen molar-refractivity contribution in [3.8, 4) is 0 Å². The van der Waals surface area contributed by atoms with Gasteiger partial charge in [-0.15, -0.1) is 0 Å². The van der Waals surface area contributed by atoms with Crippen molar-refractivity contribution in [1.29, 1.82) is 0 Å². The Morgan fingerprint density at radius 2 is 0.821 bits per heavy atom. The average Bonchev–Trinajstić information content (AvgIpc) is 2.88. The summed E-state index contributed by atoms with van der Waals surface area (Å²) in [5.74, 6) is -3.96. The molecule has 2 unspecified atom stereocenters. The number of carbonyl (C=O) groups excluding carboxylic acids is 2. The lowest BCUT2D eigenvalue weighted by Crippen LogP contribution is -2.43. The van der Waals surface area contributed by atoms with Crippen molar-refractivity contribution in [3.05, 3.63) is 0 Å². The van der Waals surface area contributed by atoms with E-state index in [1.54, 1.807) is 6.92 Å². The lowest BCUT2D eigenvalue weighted by atomic mass is 10.0. The minimum atomic E-state index is -1.22. The van der Waals surface area contributed by atoms with E-state index in [9.17, 15) is 29.1 Å². The van der Waals surface area contributed by atoms with Crippen LogP contribution in [0, 0.1) is 0 Å². The van der Waals surface area contributed by atoms with Crippen LogP contribution in [0.3, 0.4) is 0 Å². The first kappa shape index (κ1) is 36.4. The maximum atomic E-state index is 12.1. The van der Waals surface area contributed by atoms with Gasteiger partial charge in [-0.05, 0) is 25.7 Å². The second-order valence-corrected chi connectivity index (χ2v) is 10.4. The van der Waals surface area contributed by atoms with Crippen molar-refractivity contribution in [1.82, 2.24) is 10.6 Å². The van der Waals surface area contributed by atoms with Gasteiger partial charge in [0.25, 0.3) is 0 Å². The van der Waals surface area contributed by atoms with Crippen molar-refractivity contribution < 1.29 is 39.3 Å². The predicted molar refractivity (Wildman–Crippen MR) is 149 cm³/mol. The van der Waals surface area contributed by atoms with Gasteiger partial charge in [0.1, 0.15) is 12.1 Å². The number of unbranched alkanes of at least 4 members (excludes halogenated alkanes) is 15. The second kappa shape index (κ2) is 24.4. The average molecular weight is 557 g/mol. The van der Waals surface area contributed by atoms with Crippen LogP contribution in [0.4, 0.5) is 0 Å². The number of rotatable bonds is 27. The van der Waals surface area contributed by atoms with Crippen molar-refractivity contribution in [2.24, 2.45) is 0 Å². The van der Waals surface area contributed by atoms with Crippen molar-refractivity contribution >= 4 is 29.7 Å². The molecule has 5 N–H and O–H groups in total. The molecule has 0 bridgehead atoms. The summed E-state index contributed by atoms with van der Waals surface area (Å²) >= 11 is 0. The van der Waals surface area contributed by atoms with Crippen LogP contribution in [-0.2, 0) is 24.0 Å². The number of nitrogens with one attached hydrogen (secondary N) is 2. The fourth-order valence-corrected chi connectivity index (χ4v) is 4.44.